The van der Waals surface area contributed by atoms with E-state index in [9.17, 15) is 9.90 Å². The number of aliphatic hydroxyl groups excluding tert-OH is 1. The van der Waals surface area contributed by atoms with Gasteiger partial charge in [-0.25, -0.2) is 4.98 Å². The number of aliphatic hydroxyl groups is 1. The first kappa shape index (κ1) is 16.7. The molecule has 0 aromatic carbocycles. The fourth-order valence-corrected chi connectivity index (χ4v) is 6.07. The maximum Gasteiger partial charge on any atom is 0.274 e. The number of nitrogens with zero attached hydrogens (tertiary/aromatic N) is 4. The van der Waals surface area contributed by atoms with E-state index in [4.69, 9.17) is 0 Å². The quantitative estimate of drug-likeness (QED) is 0.892. The molecule has 0 spiro atoms. The van der Waals surface area contributed by atoms with Crippen LogP contribution in [0.3, 0.4) is 0 Å². The van der Waals surface area contributed by atoms with Crippen molar-refractivity contribution in [2.45, 2.75) is 38.6 Å². The van der Waals surface area contributed by atoms with Crippen LogP contribution in [0, 0.1) is 11.3 Å². The summed E-state index contributed by atoms with van der Waals surface area (Å²) in [7, 11) is 0. The van der Waals surface area contributed by atoms with Crippen molar-refractivity contribution in [3.8, 4) is 0 Å². The van der Waals surface area contributed by atoms with Gasteiger partial charge in [-0.1, -0.05) is 6.42 Å². The van der Waals surface area contributed by atoms with Gasteiger partial charge in [-0.2, -0.15) is 0 Å². The molecule has 2 saturated heterocycles. The van der Waals surface area contributed by atoms with Crippen molar-refractivity contribution in [2.75, 3.05) is 32.8 Å². The van der Waals surface area contributed by atoms with Crippen LogP contribution in [0.5, 0.6) is 0 Å². The summed E-state index contributed by atoms with van der Waals surface area (Å²) in [5.41, 5.74) is 1.73. The van der Waals surface area contributed by atoms with Crippen LogP contribution < -0.4 is 0 Å². The lowest BCUT2D eigenvalue weighted by molar-refractivity contribution is 0.0784. The van der Waals surface area contributed by atoms with E-state index in [1.165, 1.54) is 12.8 Å². The highest BCUT2D eigenvalue weighted by molar-refractivity contribution is 7.15. The Hall–Kier alpha value is -1.44. The Bertz CT molecular complexity index is 825. The third-order valence-corrected chi connectivity index (χ3v) is 7.51. The van der Waals surface area contributed by atoms with Gasteiger partial charge in [-0.3, -0.25) is 14.1 Å². The first-order valence-corrected chi connectivity index (χ1v) is 10.6. The van der Waals surface area contributed by atoms with Crippen molar-refractivity contribution in [1.82, 2.24) is 19.2 Å². The lowest BCUT2D eigenvalue weighted by Gasteiger charge is -2.26. The Morgan fingerprint density at radius 3 is 2.96 bits per heavy atom. The van der Waals surface area contributed by atoms with E-state index in [2.05, 4.69) is 14.3 Å². The fourth-order valence-electron chi connectivity index (χ4n) is 5.34. The van der Waals surface area contributed by atoms with Gasteiger partial charge in [0.05, 0.1) is 12.3 Å². The van der Waals surface area contributed by atoms with Crippen molar-refractivity contribution in [1.29, 1.82) is 0 Å². The van der Waals surface area contributed by atoms with Crippen molar-refractivity contribution < 1.29 is 9.90 Å². The maximum atomic E-state index is 13.0. The van der Waals surface area contributed by atoms with Gasteiger partial charge in [-0.15, -0.1) is 11.3 Å². The van der Waals surface area contributed by atoms with E-state index in [0.29, 0.717) is 11.6 Å². The molecule has 4 heterocycles. The highest BCUT2D eigenvalue weighted by atomic mass is 32.1. The van der Waals surface area contributed by atoms with Gasteiger partial charge < -0.3 is 10.0 Å². The molecule has 0 radical (unpaired) electrons. The van der Waals surface area contributed by atoms with Gasteiger partial charge >= 0.3 is 0 Å². The molecule has 0 bridgehead atoms. The summed E-state index contributed by atoms with van der Waals surface area (Å²) in [6, 6.07) is 0. The largest absolute Gasteiger partial charge is 0.396 e. The molecule has 7 heteroatoms. The minimum Gasteiger partial charge on any atom is -0.396 e. The van der Waals surface area contributed by atoms with Crippen LogP contribution in [-0.4, -0.2) is 63.0 Å². The molecule has 1 amide bonds. The number of amides is 1. The molecule has 2 aromatic rings. The van der Waals surface area contributed by atoms with Gasteiger partial charge in [-0.05, 0) is 31.6 Å². The first-order valence-electron chi connectivity index (χ1n) is 9.77. The van der Waals surface area contributed by atoms with Crippen LogP contribution in [0.15, 0.2) is 11.6 Å². The number of rotatable bonds is 4. The molecule has 1 N–H and O–H groups in total. The molecular weight excluding hydrogens is 348 g/mol. The standard InChI is InChI=1S/C19H26N4O2S/c24-13-19-5-3-4-14(19)10-21(12-19)11-15-16(17(25)22-6-1-2-7-22)20-18-23(15)8-9-26-18/h8-9,14,24H,1-7,10-13H2/t14-,19+/m0/s1. The first-order chi connectivity index (χ1) is 12.7. The minimum absolute atomic E-state index is 0.0809. The number of fused-ring (bicyclic) bond motifs is 2. The van der Waals surface area contributed by atoms with Crippen LogP contribution in [0.2, 0.25) is 0 Å². The zero-order chi connectivity index (χ0) is 17.7. The molecule has 2 aromatic heterocycles. The smallest absolute Gasteiger partial charge is 0.274 e. The highest BCUT2D eigenvalue weighted by Crippen LogP contribution is 2.48. The zero-order valence-corrected chi connectivity index (χ0v) is 15.9. The molecule has 5 rings (SSSR count). The second kappa shape index (κ2) is 6.32. The van der Waals surface area contributed by atoms with Gasteiger partial charge in [0, 0.05) is 49.7 Å². The Labute approximate surface area is 157 Å². The number of carbonyl (C=O) groups is 1. The summed E-state index contributed by atoms with van der Waals surface area (Å²) >= 11 is 1.58. The number of thiazole rings is 1. The Morgan fingerprint density at radius 1 is 1.35 bits per heavy atom. The van der Waals surface area contributed by atoms with Crippen LogP contribution in [0.4, 0.5) is 0 Å². The number of carbonyl (C=O) groups excluding carboxylic acids is 1. The van der Waals surface area contributed by atoms with Crippen LogP contribution in [-0.2, 0) is 6.54 Å². The van der Waals surface area contributed by atoms with E-state index in [1.54, 1.807) is 11.3 Å². The SMILES string of the molecule is O=C(c1nc2sccn2c1CN1C[C@@H]2CCC[C@]2(CO)C1)N1CCCC1. The Balaban J connectivity index is 1.44. The summed E-state index contributed by atoms with van der Waals surface area (Å²) in [5.74, 6) is 0.681. The summed E-state index contributed by atoms with van der Waals surface area (Å²) in [6.45, 7) is 4.68. The van der Waals surface area contributed by atoms with Crippen LogP contribution in [0.25, 0.3) is 4.96 Å². The molecule has 140 valence electrons. The number of imidazole rings is 1. The number of hydrogen-bond donors (Lipinski definition) is 1. The third-order valence-electron chi connectivity index (χ3n) is 6.76. The van der Waals surface area contributed by atoms with Gasteiger partial charge in [0.1, 0.15) is 0 Å². The fraction of sp³-hybridized carbons (Fsp3) is 0.684. The summed E-state index contributed by atoms with van der Waals surface area (Å²) in [5, 5.41) is 12.0. The maximum absolute atomic E-state index is 13.0. The summed E-state index contributed by atoms with van der Waals surface area (Å²) < 4.78 is 2.09. The monoisotopic (exact) mass is 374 g/mol. The molecular formula is C19H26N4O2S. The molecule has 3 fully saturated rings. The second-order valence-corrected chi connectivity index (χ2v) is 9.11. The van der Waals surface area contributed by atoms with Crippen molar-refractivity contribution in [3.63, 3.8) is 0 Å². The van der Waals surface area contributed by atoms with Gasteiger partial charge in [0.15, 0.2) is 10.7 Å². The number of likely N-dealkylation sites (tertiary alicyclic amines) is 2. The molecule has 6 nitrogen and oxygen atoms in total. The zero-order valence-electron chi connectivity index (χ0n) is 15.1. The molecule has 1 saturated carbocycles. The summed E-state index contributed by atoms with van der Waals surface area (Å²) in [4.78, 5) is 23.0. The summed E-state index contributed by atoms with van der Waals surface area (Å²) in [6.07, 6.45) is 7.80. The van der Waals surface area contributed by atoms with E-state index >= 15 is 0 Å². The molecule has 1 aliphatic carbocycles. The average Bonchev–Trinajstić information content (AvgIpc) is 3.42. The normalized spacial score (nSPS) is 29.1. The predicted molar refractivity (Wildman–Crippen MR) is 100 cm³/mol. The predicted octanol–water partition coefficient (Wildman–Crippen LogP) is 2.23. The molecule has 0 unspecified atom stereocenters. The van der Waals surface area contributed by atoms with E-state index in [0.717, 1.165) is 62.6 Å². The van der Waals surface area contributed by atoms with E-state index in [1.807, 2.05) is 16.5 Å². The Morgan fingerprint density at radius 2 is 2.19 bits per heavy atom. The lowest BCUT2D eigenvalue weighted by Crippen LogP contribution is -2.32. The number of hydrogen-bond acceptors (Lipinski definition) is 5. The number of aromatic nitrogens is 2. The van der Waals surface area contributed by atoms with Crippen LogP contribution >= 0.6 is 11.3 Å². The minimum atomic E-state index is 0.0809. The van der Waals surface area contributed by atoms with Crippen molar-refractivity contribution in [2.24, 2.45) is 11.3 Å². The second-order valence-electron chi connectivity index (χ2n) is 8.24. The third kappa shape index (κ3) is 2.52. The van der Waals surface area contributed by atoms with Gasteiger partial charge in [0.2, 0.25) is 0 Å². The molecule has 2 atom stereocenters. The molecule has 26 heavy (non-hydrogen) atoms. The van der Waals surface area contributed by atoms with E-state index in [-0.39, 0.29) is 17.9 Å². The molecule has 2 aliphatic heterocycles. The lowest BCUT2D eigenvalue weighted by atomic mass is 9.82. The topological polar surface area (TPSA) is 61.1 Å². The van der Waals surface area contributed by atoms with Crippen molar-refractivity contribution in [3.05, 3.63) is 23.0 Å². The van der Waals surface area contributed by atoms with E-state index < -0.39 is 0 Å². The molecule has 3 aliphatic rings. The van der Waals surface area contributed by atoms with Crippen molar-refractivity contribution >= 4 is 22.2 Å². The average molecular weight is 375 g/mol. The van der Waals surface area contributed by atoms with Gasteiger partial charge in [0.25, 0.3) is 5.91 Å². The highest BCUT2D eigenvalue weighted by Gasteiger charge is 2.49. The van der Waals surface area contributed by atoms with Crippen LogP contribution in [0.1, 0.15) is 48.3 Å². The Kier molecular flexibility index (Phi) is 4.06.